The molecule has 0 aromatic carbocycles. The van der Waals surface area contributed by atoms with Gasteiger partial charge in [-0.05, 0) is 31.4 Å². The third-order valence-corrected chi connectivity index (χ3v) is 4.56. The van der Waals surface area contributed by atoms with E-state index in [9.17, 15) is 4.79 Å². The highest BCUT2D eigenvalue weighted by molar-refractivity contribution is 5.96. The Balaban J connectivity index is 2.08. The minimum atomic E-state index is -0.105. The lowest BCUT2D eigenvalue weighted by molar-refractivity contribution is -0.120. The molecule has 0 fully saturated rings. The number of nitrogens with one attached hydrogen (secondary N) is 1. The first-order chi connectivity index (χ1) is 11.1. The first-order valence-electron chi connectivity index (χ1n) is 8.15. The molecule has 0 aliphatic carbocycles. The van der Waals surface area contributed by atoms with Gasteiger partial charge in [-0.25, -0.2) is 0 Å². The highest BCUT2D eigenvalue weighted by Crippen LogP contribution is 2.31. The number of hydrogen-bond acceptors (Lipinski definition) is 4. The van der Waals surface area contributed by atoms with Crippen LogP contribution >= 0.6 is 0 Å². The van der Waals surface area contributed by atoms with Gasteiger partial charge in [-0.2, -0.15) is 5.10 Å². The van der Waals surface area contributed by atoms with Gasteiger partial charge in [0.2, 0.25) is 5.91 Å². The van der Waals surface area contributed by atoms with Crippen LogP contribution in [-0.4, -0.2) is 20.7 Å². The van der Waals surface area contributed by atoms with Crippen molar-refractivity contribution >= 4 is 11.6 Å². The predicted octanol–water partition coefficient (Wildman–Crippen LogP) is 2.63. The van der Waals surface area contributed by atoms with Crippen molar-refractivity contribution in [3.05, 3.63) is 30.2 Å². The summed E-state index contributed by atoms with van der Waals surface area (Å²) in [4.78, 5) is 17.0. The molecule has 2 atom stereocenters. The van der Waals surface area contributed by atoms with E-state index in [-0.39, 0.29) is 17.9 Å². The van der Waals surface area contributed by atoms with Crippen LogP contribution in [0.1, 0.15) is 44.3 Å². The maximum atomic E-state index is 12.5. The molecule has 0 saturated carbocycles. The number of aromatic nitrogens is 3. The van der Waals surface area contributed by atoms with Gasteiger partial charge < -0.3 is 11.1 Å². The number of amides is 1. The topological polar surface area (TPSA) is 85.8 Å². The average Bonchev–Trinajstić information content (AvgIpc) is 2.91. The van der Waals surface area contributed by atoms with Gasteiger partial charge in [-0.15, -0.1) is 0 Å². The second kappa shape index (κ2) is 6.50. The number of hydrogen-bond donors (Lipinski definition) is 2. The van der Waals surface area contributed by atoms with E-state index in [1.165, 1.54) is 0 Å². The quantitative estimate of drug-likeness (QED) is 0.847. The lowest BCUT2D eigenvalue weighted by Crippen LogP contribution is -2.23. The molecule has 0 spiro atoms. The van der Waals surface area contributed by atoms with Crippen molar-refractivity contribution in [3.8, 4) is 11.3 Å². The van der Waals surface area contributed by atoms with Gasteiger partial charge in [0.25, 0.3) is 0 Å². The van der Waals surface area contributed by atoms with Crippen LogP contribution in [0.3, 0.4) is 0 Å². The van der Waals surface area contributed by atoms with Crippen molar-refractivity contribution in [2.24, 2.45) is 18.7 Å². The molecule has 3 N–H and O–H groups in total. The van der Waals surface area contributed by atoms with Crippen molar-refractivity contribution < 1.29 is 4.79 Å². The number of carbonyl (C=O) groups excluding carboxylic acids is 1. The summed E-state index contributed by atoms with van der Waals surface area (Å²) in [6, 6.07) is 3.81. The highest BCUT2D eigenvalue weighted by Gasteiger charge is 2.22. The zero-order valence-electron chi connectivity index (χ0n) is 13.6. The molecular formula is C17H23N5O. The molecule has 1 amide bonds. The monoisotopic (exact) mass is 313 g/mol. The fraction of sp³-hybridized carbons (Fsp3) is 0.471. The molecule has 23 heavy (non-hydrogen) atoms. The largest absolute Gasteiger partial charge is 0.323 e. The Morgan fingerprint density at radius 1 is 1.43 bits per heavy atom. The van der Waals surface area contributed by atoms with Gasteiger partial charge in [-0.1, -0.05) is 13.3 Å². The average molecular weight is 313 g/mol. The Labute approximate surface area is 136 Å². The van der Waals surface area contributed by atoms with Crippen LogP contribution in [0.4, 0.5) is 5.69 Å². The molecule has 2 aromatic heterocycles. The van der Waals surface area contributed by atoms with Gasteiger partial charge in [0.1, 0.15) is 0 Å². The van der Waals surface area contributed by atoms with Crippen LogP contribution in [0.2, 0.25) is 0 Å². The van der Waals surface area contributed by atoms with E-state index in [0.717, 1.165) is 48.3 Å². The smallest absolute Gasteiger partial charge is 0.227 e. The Morgan fingerprint density at radius 3 is 3.04 bits per heavy atom. The maximum absolute atomic E-state index is 12.5. The first kappa shape index (κ1) is 15.7. The lowest BCUT2D eigenvalue weighted by Gasteiger charge is -2.19. The van der Waals surface area contributed by atoms with Crippen LogP contribution in [-0.2, 0) is 11.8 Å². The summed E-state index contributed by atoms with van der Waals surface area (Å²) in [5, 5.41) is 7.34. The van der Waals surface area contributed by atoms with Gasteiger partial charge >= 0.3 is 0 Å². The maximum Gasteiger partial charge on any atom is 0.227 e. The molecule has 122 valence electrons. The van der Waals surface area contributed by atoms with Gasteiger partial charge in [0.05, 0.1) is 23.3 Å². The van der Waals surface area contributed by atoms with Crippen molar-refractivity contribution in [3.63, 3.8) is 0 Å². The predicted molar refractivity (Wildman–Crippen MR) is 89.6 cm³/mol. The van der Waals surface area contributed by atoms with E-state index >= 15 is 0 Å². The molecule has 6 nitrogen and oxygen atoms in total. The summed E-state index contributed by atoms with van der Waals surface area (Å²) < 4.78 is 1.77. The first-order valence-corrected chi connectivity index (χ1v) is 8.15. The van der Waals surface area contributed by atoms with E-state index < -0.39 is 0 Å². The molecule has 2 aromatic rings. The summed E-state index contributed by atoms with van der Waals surface area (Å²) in [7, 11) is 1.87. The SMILES string of the molecule is CC[C@@H]1CCC[C@H](N)c2cc(ccn2)-c2c(cnn2C)NC1=O. The van der Waals surface area contributed by atoms with Crippen molar-refractivity contribution in [1.29, 1.82) is 0 Å². The highest BCUT2D eigenvalue weighted by atomic mass is 16.1. The van der Waals surface area contributed by atoms with Gasteiger partial charge in [0, 0.05) is 30.8 Å². The van der Waals surface area contributed by atoms with Crippen LogP contribution in [0.15, 0.2) is 24.5 Å². The standard InChI is InChI=1S/C17H23N5O/c1-3-11-5-4-6-13(18)14-9-12(7-8-19-14)16-15(21-17(11)23)10-20-22(16)2/h7-11,13H,3-6,18H2,1-2H3,(H,21,23)/t11-,13+/m1/s1. The minimum absolute atomic E-state index is 0.000911. The molecular weight excluding hydrogens is 290 g/mol. The number of pyridine rings is 1. The van der Waals surface area contributed by atoms with Crippen molar-refractivity contribution in [1.82, 2.24) is 14.8 Å². The van der Waals surface area contributed by atoms with E-state index in [0.29, 0.717) is 0 Å². The van der Waals surface area contributed by atoms with Crippen LogP contribution < -0.4 is 11.1 Å². The zero-order chi connectivity index (χ0) is 16.4. The number of aryl methyl sites for hydroxylation is 1. The Hall–Kier alpha value is -2.21. The second-order valence-electron chi connectivity index (χ2n) is 6.13. The zero-order valence-corrected chi connectivity index (χ0v) is 13.6. The molecule has 0 saturated heterocycles. The van der Waals surface area contributed by atoms with E-state index in [1.54, 1.807) is 17.1 Å². The number of fused-ring (bicyclic) bond motifs is 4. The number of nitrogens with zero attached hydrogens (tertiary/aromatic N) is 3. The summed E-state index contributed by atoms with van der Waals surface area (Å²) in [6.45, 7) is 2.05. The van der Waals surface area contributed by atoms with Gasteiger partial charge in [-0.3, -0.25) is 14.5 Å². The number of carbonyl (C=O) groups is 1. The Bertz CT molecular complexity index is 709. The Kier molecular flexibility index (Phi) is 4.43. The number of anilines is 1. The minimum Gasteiger partial charge on any atom is -0.323 e. The molecule has 0 unspecified atom stereocenters. The summed E-state index contributed by atoms with van der Waals surface area (Å²) in [5.41, 5.74) is 9.76. The fourth-order valence-electron chi connectivity index (χ4n) is 3.16. The number of nitrogens with two attached hydrogens (primary N) is 1. The molecule has 0 radical (unpaired) electrons. The molecule has 1 aliphatic rings. The van der Waals surface area contributed by atoms with E-state index in [2.05, 4.69) is 15.4 Å². The molecule has 3 rings (SSSR count). The third-order valence-electron chi connectivity index (χ3n) is 4.56. The molecule has 1 aliphatic heterocycles. The fourth-order valence-corrected chi connectivity index (χ4v) is 3.16. The van der Waals surface area contributed by atoms with Crippen molar-refractivity contribution in [2.45, 2.75) is 38.6 Å². The van der Waals surface area contributed by atoms with Crippen LogP contribution in [0.25, 0.3) is 11.3 Å². The van der Waals surface area contributed by atoms with Gasteiger partial charge in [0.15, 0.2) is 0 Å². The number of rotatable bonds is 1. The van der Waals surface area contributed by atoms with Crippen LogP contribution in [0, 0.1) is 5.92 Å². The summed E-state index contributed by atoms with van der Waals surface area (Å²) >= 11 is 0. The Morgan fingerprint density at radius 2 is 2.26 bits per heavy atom. The van der Waals surface area contributed by atoms with E-state index in [4.69, 9.17) is 5.73 Å². The van der Waals surface area contributed by atoms with E-state index in [1.807, 2.05) is 26.1 Å². The normalized spacial score (nSPS) is 21.8. The molecule has 3 heterocycles. The molecule has 2 bridgehead atoms. The lowest BCUT2D eigenvalue weighted by atomic mass is 9.95. The second-order valence-corrected chi connectivity index (χ2v) is 6.13. The van der Waals surface area contributed by atoms with Crippen molar-refractivity contribution in [2.75, 3.05) is 5.32 Å². The summed E-state index contributed by atoms with van der Waals surface area (Å²) in [6.07, 6.45) is 6.87. The van der Waals surface area contributed by atoms with Crippen LogP contribution in [0.5, 0.6) is 0 Å². The summed E-state index contributed by atoms with van der Waals surface area (Å²) in [5.74, 6) is 0.0613. The molecule has 6 heteroatoms. The third kappa shape index (κ3) is 3.12.